The van der Waals surface area contributed by atoms with Crippen LogP contribution in [-0.2, 0) is 0 Å². The van der Waals surface area contributed by atoms with Crippen LogP contribution in [0.4, 0.5) is 5.69 Å². The minimum absolute atomic E-state index is 0.153. The minimum atomic E-state index is 0.153. The highest BCUT2D eigenvalue weighted by Crippen LogP contribution is 2.41. The maximum absolute atomic E-state index is 9.57. The third kappa shape index (κ3) is 2.26. The van der Waals surface area contributed by atoms with E-state index in [0.29, 0.717) is 6.61 Å². The fourth-order valence-electron chi connectivity index (χ4n) is 2.99. The molecule has 18 heavy (non-hydrogen) atoms. The number of aliphatic hydroxyl groups is 1. The van der Waals surface area contributed by atoms with Crippen molar-refractivity contribution in [1.82, 2.24) is 0 Å². The largest absolute Gasteiger partial charge is 0.396 e. The Bertz CT molecular complexity index is 429. The molecule has 0 saturated heterocycles. The summed E-state index contributed by atoms with van der Waals surface area (Å²) >= 11 is 0. The van der Waals surface area contributed by atoms with E-state index in [0.717, 1.165) is 19.4 Å². The molecule has 1 fully saturated rings. The molecule has 1 aliphatic rings. The third-order valence-corrected chi connectivity index (χ3v) is 4.76. The molecule has 0 radical (unpaired) electrons. The van der Waals surface area contributed by atoms with E-state index in [4.69, 9.17) is 0 Å². The Morgan fingerprint density at radius 1 is 1.17 bits per heavy atom. The van der Waals surface area contributed by atoms with E-state index >= 15 is 0 Å². The van der Waals surface area contributed by atoms with Crippen molar-refractivity contribution < 1.29 is 5.11 Å². The van der Waals surface area contributed by atoms with Gasteiger partial charge in [0.2, 0.25) is 0 Å². The Labute approximate surface area is 111 Å². The number of aliphatic hydroxyl groups excluding tert-OH is 1. The van der Waals surface area contributed by atoms with Crippen LogP contribution < -0.4 is 4.90 Å². The van der Waals surface area contributed by atoms with Crippen LogP contribution in [0.15, 0.2) is 12.1 Å². The van der Waals surface area contributed by atoms with Gasteiger partial charge in [-0.3, -0.25) is 0 Å². The molecule has 1 aromatic carbocycles. The summed E-state index contributed by atoms with van der Waals surface area (Å²) in [4.78, 5) is 2.32. The van der Waals surface area contributed by atoms with Gasteiger partial charge in [0.05, 0.1) is 6.61 Å². The van der Waals surface area contributed by atoms with E-state index < -0.39 is 0 Å². The van der Waals surface area contributed by atoms with E-state index in [1.165, 1.54) is 28.8 Å². The topological polar surface area (TPSA) is 23.5 Å². The molecule has 100 valence electrons. The lowest BCUT2D eigenvalue weighted by atomic mass is 9.69. The second-order valence-electron chi connectivity index (χ2n) is 6.02. The second kappa shape index (κ2) is 4.93. The molecule has 0 aromatic heterocycles. The van der Waals surface area contributed by atoms with Crippen LogP contribution in [0.1, 0.15) is 36.0 Å². The molecule has 0 bridgehead atoms. The zero-order valence-electron chi connectivity index (χ0n) is 12.1. The number of aryl methyl sites for hydroxylation is 1. The van der Waals surface area contributed by atoms with Gasteiger partial charge in [-0.25, -0.2) is 0 Å². The third-order valence-electron chi connectivity index (χ3n) is 4.76. The summed E-state index contributed by atoms with van der Waals surface area (Å²) in [5.41, 5.74) is 5.55. The van der Waals surface area contributed by atoms with Crippen molar-refractivity contribution in [1.29, 1.82) is 0 Å². The van der Waals surface area contributed by atoms with Crippen LogP contribution in [0.25, 0.3) is 0 Å². The van der Waals surface area contributed by atoms with Gasteiger partial charge in [0, 0.05) is 24.7 Å². The Morgan fingerprint density at radius 3 is 2.33 bits per heavy atom. The SMILES string of the molecule is Cc1ccc(N(C)CC2(CO)CCC2)c(C)c1C. The van der Waals surface area contributed by atoms with E-state index in [2.05, 4.69) is 44.9 Å². The molecule has 2 heteroatoms. The summed E-state index contributed by atoms with van der Waals surface area (Å²) < 4.78 is 0. The summed E-state index contributed by atoms with van der Waals surface area (Å²) in [6.45, 7) is 7.83. The van der Waals surface area contributed by atoms with Crippen molar-refractivity contribution in [3.63, 3.8) is 0 Å². The predicted octanol–water partition coefficient (Wildman–Crippen LogP) is 3.21. The van der Waals surface area contributed by atoms with Crippen molar-refractivity contribution in [2.24, 2.45) is 5.41 Å². The molecule has 0 amide bonds. The first kappa shape index (κ1) is 13.4. The summed E-state index contributed by atoms with van der Waals surface area (Å²) in [6.07, 6.45) is 3.59. The lowest BCUT2D eigenvalue weighted by molar-refractivity contribution is 0.0524. The standard InChI is InChI=1S/C16H25NO/c1-12-6-7-15(14(3)13(12)2)17(4)10-16(11-18)8-5-9-16/h6-7,18H,5,8-11H2,1-4H3. The number of hydrogen-bond acceptors (Lipinski definition) is 2. The van der Waals surface area contributed by atoms with Crippen molar-refractivity contribution in [2.45, 2.75) is 40.0 Å². The van der Waals surface area contributed by atoms with Gasteiger partial charge >= 0.3 is 0 Å². The fraction of sp³-hybridized carbons (Fsp3) is 0.625. The van der Waals surface area contributed by atoms with E-state index in [-0.39, 0.29) is 5.41 Å². The highest BCUT2D eigenvalue weighted by atomic mass is 16.3. The molecule has 0 heterocycles. The quantitative estimate of drug-likeness (QED) is 0.883. The van der Waals surface area contributed by atoms with E-state index in [1.54, 1.807) is 0 Å². The summed E-state index contributed by atoms with van der Waals surface area (Å²) in [5, 5.41) is 9.57. The number of rotatable bonds is 4. The monoisotopic (exact) mass is 247 g/mol. The molecular weight excluding hydrogens is 222 g/mol. The van der Waals surface area contributed by atoms with Gasteiger partial charge < -0.3 is 10.0 Å². The van der Waals surface area contributed by atoms with Crippen LogP contribution >= 0.6 is 0 Å². The highest BCUT2D eigenvalue weighted by molar-refractivity contribution is 5.57. The van der Waals surface area contributed by atoms with Crippen LogP contribution in [0, 0.1) is 26.2 Å². The van der Waals surface area contributed by atoms with Crippen LogP contribution in [0.3, 0.4) is 0 Å². The van der Waals surface area contributed by atoms with Crippen LogP contribution in [-0.4, -0.2) is 25.3 Å². The molecule has 1 aromatic rings. The normalized spacial score (nSPS) is 17.4. The molecule has 0 spiro atoms. The molecule has 1 aliphatic carbocycles. The average molecular weight is 247 g/mol. The molecule has 1 N–H and O–H groups in total. The van der Waals surface area contributed by atoms with Gasteiger partial charge in [-0.05, 0) is 56.4 Å². The molecule has 2 nitrogen and oxygen atoms in total. The Morgan fingerprint density at radius 2 is 1.83 bits per heavy atom. The summed E-state index contributed by atoms with van der Waals surface area (Å²) in [5.74, 6) is 0. The van der Waals surface area contributed by atoms with E-state index in [1.807, 2.05) is 0 Å². The number of anilines is 1. The fourth-order valence-corrected chi connectivity index (χ4v) is 2.99. The second-order valence-corrected chi connectivity index (χ2v) is 6.02. The first-order valence-corrected chi connectivity index (χ1v) is 6.88. The zero-order chi connectivity index (χ0) is 13.3. The summed E-state index contributed by atoms with van der Waals surface area (Å²) in [6, 6.07) is 4.40. The lowest BCUT2D eigenvalue weighted by Gasteiger charge is -2.43. The predicted molar refractivity (Wildman–Crippen MR) is 77.3 cm³/mol. The first-order valence-electron chi connectivity index (χ1n) is 6.88. The van der Waals surface area contributed by atoms with E-state index in [9.17, 15) is 5.11 Å². The Balaban J connectivity index is 2.19. The van der Waals surface area contributed by atoms with Gasteiger partial charge in [0.25, 0.3) is 0 Å². The van der Waals surface area contributed by atoms with Crippen LogP contribution in [0.5, 0.6) is 0 Å². The van der Waals surface area contributed by atoms with Gasteiger partial charge in [-0.2, -0.15) is 0 Å². The molecule has 0 unspecified atom stereocenters. The zero-order valence-corrected chi connectivity index (χ0v) is 12.1. The Kier molecular flexibility index (Phi) is 3.67. The van der Waals surface area contributed by atoms with Gasteiger partial charge in [0.1, 0.15) is 0 Å². The van der Waals surface area contributed by atoms with Gasteiger partial charge in [-0.1, -0.05) is 12.5 Å². The molecule has 0 atom stereocenters. The first-order chi connectivity index (χ1) is 8.49. The van der Waals surface area contributed by atoms with Crippen molar-refractivity contribution in [3.05, 3.63) is 28.8 Å². The lowest BCUT2D eigenvalue weighted by Crippen LogP contribution is -2.43. The molecular formula is C16H25NO. The number of nitrogens with zero attached hydrogens (tertiary/aromatic N) is 1. The minimum Gasteiger partial charge on any atom is -0.396 e. The van der Waals surface area contributed by atoms with Crippen LogP contribution in [0.2, 0.25) is 0 Å². The maximum atomic E-state index is 9.57. The summed E-state index contributed by atoms with van der Waals surface area (Å²) in [7, 11) is 2.15. The smallest absolute Gasteiger partial charge is 0.0504 e. The van der Waals surface area contributed by atoms with Gasteiger partial charge in [-0.15, -0.1) is 0 Å². The number of hydrogen-bond donors (Lipinski definition) is 1. The molecule has 0 aliphatic heterocycles. The molecule has 1 saturated carbocycles. The van der Waals surface area contributed by atoms with Gasteiger partial charge in [0.15, 0.2) is 0 Å². The Hall–Kier alpha value is -1.02. The average Bonchev–Trinajstić information content (AvgIpc) is 2.31. The van der Waals surface area contributed by atoms with Crippen molar-refractivity contribution in [3.8, 4) is 0 Å². The highest BCUT2D eigenvalue weighted by Gasteiger charge is 2.37. The number of benzene rings is 1. The van der Waals surface area contributed by atoms with Crippen molar-refractivity contribution in [2.75, 3.05) is 25.1 Å². The maximum Gasteiger partial charge on any atom is 0.0504 e. The molecule has 2 rings (SSSR count). The van der Waals surface area contributed by atoms with Crippen molar-refractivity contribution >= 4 is 5.69 Å².